The standard InChI is InChI=1S/C18H16BrF2N2O4P/c19-16-10-14(6-7-15(16)18(20,21)28(25,26)27)12-23-9-8-22(17(23)24)11-13-4-2-1-3-5-13/h1-10H,11-12H2,(H2,25,26,27). The van der Waals surface area contributed by atoms with Gasteiger partial charge in [-0.05, 0) is 17.2 Å². The molecule has 0 unspecified atom stereocenters. The average molecular weight is 473 g/mol. The number of hydrogen-bond acceptors (Lipinski definition) is 2. The van der Waals surface area contributed by atoms with E-state index in [1.54, 1.807) is 12.4 Å². The Bertz CT molecular complexity index is 1090. The van der Waals surface area contributed by atoms with Crippen molar-refractivity contribution in [3.8, 4) is 0 Å². The van der Waals surface area contributed by atoms with Gasteiger partial charge in [0.05, 0.1) is 13.1 Å². The Morgan fingerprint density at radius 1 is 0.964 bits per heavy atom. The Labute approximate surface area is 167 Å². The molecule has 6 nitrogen and oxygen atoms in total. The first-order valence-corrected chi connectivity index (χ1v) is 10.5. The van der Waals surface area contributed by atoms with Crippen molar-refractivity contribution in [2.45, 2.75) is 18.8 Å². The third-order valence-electron chi connectivity index (χ3n) is 4.19. The zero-order valence-corrected chi connectivity index (χ0v) is 16.9. The summed E-state index contributed by atoms with van der Waals surface area (Å²) >= 11 is 2.94. The van der Waals surface area contributed by atoms with Gasteiger partial charge in [0.1, 0.15) is 0 Å². The van der Waals surface area contributed by atoms with Gasteiger partial charge >= 0.3 is 18.9 Å². The van der Waals surface area contributed by atoms with Crippen molar-refractivity contribution in [2.75, 3.05) is 0 Å². The van der Waals surface area contributed by atoms with Crippen LogP contribution >= 0.6 is 23.5 Å². The Hall–Kier alpha value is -2.06. The smallest absolute Gasteiger partial charge is 0.320 e. The zero-order valence-electron chi connectivity index (χ0n) is 14.4. The van der Waals surface area contributed by atoms with Crippen LogP contribution in [0.15, 0.2) is 70.2 Å². The molecule has 0 aliphatic heterocycles. The molecule has 0 atom stereocenters. The van der Waals surface area contributed by atoms with Gasteiger partial charge in [-0.25, -0.2) is 4.79 Å². The molecular formula is C18H16BrF2N2O4P. The summed E-state index contributed by atoms with van der Waals surface area (Å²) in [7, 11) is -5.66. The summed E-state index contributed by atoms with van der Waals surface area (Å²) in [5.41, 5.74) is -3.88. The lowest BCUT2D eigenvalue weighted by Crippen LogP contribution is -2.25. The van der Waals surface area contributed by atoms with Crippen LogP contribution in [0.5, 0.6) is 0 Å². The van der Waals surface area contributed by atoms with E-state index in [1.807, 2.05) is 30.3 Å². The molecule has 148 valence electrons. The second-order valence-electron chi connectivity index (χ2n) is 6.22. The molecule has 0 saturated carbocycles. The minimum absolute atomic E-state index is 0.126. The van der Waals surface area contributed by atoms with Gasteiger partial charge in [-0.1, -0.05) is 58.4 Å². The molecule has 3 rings (SSSR count). The van der Waals surface area contributed by atoms with Gasteiger partial charge in [0.15, 0.2) is 0 Å². The summed E-state index contributed by atoms with van der Waals surface area (Å²) in [5, 5.41) is 0. The highest BCUT2D eigenvalue weighted by Crippen LogP contribution is 2.60. The van der Waals surface area contributed by atoms with E-state index in [4.69, 9.17) is 9.79 Å². The molecule has 1 heterocycles. The monoisotopic (exact) mass is 472 g/mol. The lowest BCUT2D eigenvalue weighted by atomic mass is 10.1. The molecule has 1 aromatic heterocycles. The quantitative estimate of drug-likeness (QED) is 0.535. The molecule has 10 heteroatoms. The lowest BCUT2D eigenvalue weighted by molar-refractivity contribution is 0.0557. The maximum absolute atomic E-state index is 13.9. The summed E-state index contributed by atoms with van der Waals surface area (Å²) in [6, 6.07) is 13.0. The van der Waals surface area contributed by atoms with E-state index in [2.05, 4.69) is 15.9 Å². The van der Waals surface area contributed by atoms with E-state index >= 15 is 0 Å². The SMILES string of the molecule is O=c1n(Cc2ccccc2)ccn1Cc1ccc(C(F)(F)P(=O)(O)O)c(Br)c1. The van der Waals surface area contributed by atoms with Gasteiger partial charge in [-0.3, -0.25) is 13.7 Å². The summed E-state index contributed by atoms with van der Waals surface area (Å²) in [6.45, 7) is 0.533. The van der Waals surface area contributed by atoms with Gasteiger partial charge in [-0.15, -0.1) is 0 Å². The van der Waals surface area contributed by atoms with Gasteiger partial charge in [0.2, 0.25) is 0 Å². The third kappa shape index (κ3) is 4.17. The number of rotatable bonds is 6. The van der Waals surface area contributed by atoms with E-state index in [9.17, 15) is 18.1 Å². The molecule has 2 N–H and O–H groups in total. The summed E-state index contributed by atoms with van der Waals surface area (Å²) in [5.74, 6) is 0. The molecule has 28 heavy (non-hydrogen) atoms. The summed E-state index contributed by atoms with van der Waals surface area (Å²) < 4.78 is 41.7. The minimum atomic E-state index is -5.66. The van der Waals surface area contributed by atoms with Crippen LogP contribution < -0.4 is 5.69 Å². The first kappa shape index (κ1) is 20.7. The molecule has 0 spiro atoms. The number of aromatic nitrogens is 2. The summed E-state index contributed by atoms with van der Waals surface area (Å²) in [6.07, 6.45) is 3.23. The third-order valence-corrected chi connectivity index (χ3v) is 5.82. The predicted molar refractivity (Wildman–Crippen MR) is 103 cm³/mol. The second-order valence-corrected chi connectivity index (χ2v) is 8.73. The number of nitrogens with zero attached hydrogens (tertiary/aromatic N) is 2. The van der Waals surface area contributed by atoms with Crippen molar-refractivity contribution in [1.29, 1.82) is 0 Å². The highest BCUT2D eigenvalue weighted by atomic mass is 79.9. The van der Waals surface area contributed by atoms with Crippen molar-refractivity contribution in [2.24, 2.45) is 0 Å². The lowest BCUT2D eigenvalue weighted by Gasteiger charge is -2.19. The maximum atomic E-state index is 13.9. The molecule has 0 aliphatic carbocycles. The molecule has 2 aromatic carbocycles. The van der Waals surface area contributed by atoms with Crippen molar-refractivity contribution < 1.29 is 23.1 Å². The van der Waals surface area contributed by atoms with Gasteiger partial charge in [0.25, 0.3) is 0 Å². The van der Waals surface area contributed by atoms with Crippen LogP contribution in [0.25, 0.3) is 0 Å². The van der Waals surface area contributed by atoms with Crippen molar-refractivity contribution in [1.82, 2.24) is 9.13 Å². The Morgan fingerprint density at radius 3 is 2.07 bits per heavy atom. The number of imidazole rings is 1. The Balaban J connectivity index is 1.83. The highest BCUT2D eigenvalue weighted by molar-refractivity contribution is 9.10. The molecule has 0 amide bonds. The highest BCUT2D eigenvalue weighted by Gasteiger charge is 2.51. The van der Waals surface area contributed by atoms with Crippen LogP contribution in [0.4, 0.5) is 8.78 Å². The van der Waals surface area contributed by atoms with E-state index in [0.29, 0.717) is 12.1 Å². The van der Waals surface area contributed by atoms with Gasteiger partial charge in [0, 0.05) is 22.4 Å². The van der Waals surface area contributed by atoms with E-state index in [0.717, 1.165) is 11.6 Å². The number of hydrogen-bond donors (Lipinski definition) is 2. The van der Waals surface area contributed by atoms with Crippen molar-refractivity contribution in [3.05, 3.63) is 92.6 Å². The topological polar surface area (TPSA) is 84.5 Å². The van der Waals surface area contributed by atoms with Crippen LogP contribution in [-0.4, -0.2) is 18.9 Å². The number of benzene rings is 2. The molecule has 0 saturated heterocycles. The van der Waals surface area contributed by atoms with Crippen molar-refractivity contribution >= 4 is 23.5 Å². The molecule has 0 aliphatic rings. The number of alkyl halides is 2. The minimum Gasteiger partial charge on any atom is -0.320 e. The molecule has 3 aromatic rings. The van der Waals surface area contributed by atoms with Crippen molar-refractivity contribution in [3.63, 3.8) is 0 Å². The van der Waals surface area contributed by atoms with Crippen LogP contribution in [-0.2, 0) is 23.3 Å². The fraction of sp³-hybridized carbons (Fsp3) is 0.167. The van der Waals surface area contributed by atoms with Crippen LogP contribution in [0.3, 0.4) is 0 Å². The van der Waals surface area contributed by atoms with E-state index in [1.165, 1.54) is 21.3 Å². The van der Waals surface area contributed by atoms with Crippen LogP contribution in [0.1, 0.15) is 16.7 Å². The second kappa shape index (κ2) is 7.75. The normalized spacial score (nSPS) is 12.3. The van der Waals surface area contributed by atoms with Crippen LogP contribution in [0.2, 0.25) is 0 Å². The molecule has 0 fully saturated rings. The van der Waals surface area contributed by atoms with E-state index in [-0.39, 0.29) is 16.7 Å². The predicted octanol–water partition coefficient (Wildman–Crippen LogP) is 3.74. The zero-order chi connectivity index (χ0) is 20.5. The summed E-state index contributed by atoms with van der Waals surface area (Å²) in [4.78, 5) is 30.3. The van der Waals surface area contributed by atoms with E-state index < -0.39 is 18.8 Å². The number of halogens is 3. The maximum Gasteiger partial charge on any atom is 0.399 e. The molecular weight excluding hydrogens is 457 g/mol. The molecule has 0 radical (unpaired) electrons. The fourth-order valence-electron chi connectivity index (χ4n) is 2.73. The fourth-order valence-corrected chi connectivity index (χ4v) is 4.07. The molecule has 0 bridgehead atoms. The average Bonchev–Trinajstić information content (AvgIpc) is 2.95. The largest absolute Gasteiger partial charge is 0.399 e. The first-order chi connectivity index (χ1) is 13.1. The van der Waals surface area contributed by atoms with Gasteiger partial charge < -0.3 is 9.79 Å². The first-order valence-electron chi connectivity index (χ1n) is 8.11. The van der Waals surface area contributed by atoms with Crippen LogP contribution in [0, 0.1) is 0 Å². The van der Waals surface area contributed by atoms with Gasteiger partial charge in [-0.2, -0.15) is 8.78 Å². The Kier molecular flexibility index (Phi) is 5.72. The Morgan fingerprint density at radius 2 is 1.54 bits per heavy atom.